The summed E-state index contributed by atoms with van der Waals surface area (Å²) in [7, 11) is -7.07. The third-order valence-corrected chi connectivity index (χ3v) is 9.61. The Morgan fingerprint density at radius 1 is 0.936 bits per heavy atom. The molecule has 47 heavy (non-hydrogen) atoms. The lowest BCUT2D eigenvalue weighted by atomic mass is 10.0. The van der Waals surface area contributed by atoms with Gasteiger partial charge >= 0.3 is 0 Å². The first-order valence-corrected chi connectivity index (χ1v) is 18.6. The highest BCUT2D eigenvalue weighted by atomic mass is 32.2. The zero-order valence-corrected chi connectivity index (χ0v) is 28.8. The summed E-state index contributed by atoms with van der Waals surface area (Å²) in [6.45, 7) is 12.6. The molecule has 0 atom stereocenters. The molecular weight excluding hydrogens is 659 g/mol. The van der Waals surface area contributed by atoms with Crippen LogP contribution in [-0.2, 0) is 26.1 Å². The van der Waals surface area contributed by atoms with Gasteiger partial charge in [-0.25, -0.2) is 8.42 Å². The highest BCUT2D eigenvalue weighted by Crippen LogP contribution is 2.42. The van der Waals surface area contributed by atoms with Gasteiger partial charge in [0, 0.05) is 0 Å². The summed E-state index contributed by atoms with van der Waals surface area (Å²) in [6, 6.07) is 25.9. The van der Waals surface area contributed by atoms with Crippen LogP contribution in [0.4, 0.5) is 5.69 Å². The van der Waals surface area contributed by atoms with Crippen LogP contribution < -0.4 is 14.2 Å². The molecule has 1 N–H and O–H groups in total. The van der Waals surface area contributed by atoms with Crippen LogP contribution in [0.1, 0.15) is 18.9 Å². The summed E-state index contributed by atoms with van der Waals surface area (Å²) in [5.41, 5.74) is 2.68. The summed E-state index contributed by atoms with van der Waals surface area (Å²) < 4.78 is 77.6. The molecular formula is C34H37N3O7S3. The van der Waals surface area contributed by atoms with Crippen LogP contribution in [0.5, 0.6) is 5.75 Å². The molecule has 0 bridgehead atoms. The smallest absolute Gasteiger partial charge is 0.283 e. The van der Waals surface area contributed by atoms with E-state index in [1.807, 2.05) is 72.8 Å². The van der Waals surface area contributed by atoms with Gasteiger partial charge in [-0.3, -0.25) is 9.45 Å². The highest BCUT2D eigenvalue weighted by Gasteiger charge is 2.33. The molecule has 0 spiro atoms. The average Bonchev–Trinajstić information content (AvgIpc) is 3.57. The maximum Gasteiger partial charge on any atom is 0.283 e. The third-order valence-electron chi connectivity index (χ3n) is 7.36. The van der Waals surface area contributed by atoms with Crippen LogP contribution in [0.15, 0.2) is 104 Å². The summed E-state index contributed by atoms with van der Waals surface area (Å²) in [5.74, 6) is -1.21. The van der Waals surface area contributed by atoms with Crippen molar-refractivity contribution in [1.29, 1.82) is 0 Å². The predicted molar refractivity (Wildman–Crippen MR) is 189 cm³/mol. The molecule has 0 saturated carbocycles. The molecule has 13 heteroatoms. The molecule has 6 rings (SSSR count). The molecule has 5 aromatic rings. The van der Waals surface area contributed by atoms with Crippen LogP contribution in [0, 0.1) is 0 Å². The van der Waals surface area contributed by atoms with Gasteiger partial charge in [0.25, 0.3) is 15.1 Å². The predicted octanol–water partition coefficient (Wildman–Crippen LogP) is 6.31. The number of aromatic nitrogens is 1. The van der Waals surface area contributed by atoms with Crippen LogP contribution in [0.3, 0.4) is 0 Å². The van der Waals surface area contributed by atoms with E-state index < -0.39 is 32.0 Å². The molecule has 4 aromatic carbocycles. The summed E-state index contributed by atoms with van der Waals surface area (Å²) in [5, 5.41) is 1.98. The number of anilines is 1. The van der Waals surface area contributed by atoms with E-state index in [-0.39, 0.29) is 5.88 Å². The average molecular weight is 696 g/mol. The number of fused-ring (bicyclic) bond motifs is 4. The van der Waals surface area contributed by atoms with Crippen molar-refractivity contribution in [2.24, 2.45) is 0 Å². The number of benzene rings is 4. The van der Waals surface area contributed by atoms with Gasteiger partial charge in [0.15, 0.2) is 21.7 Å². The fourth-order valence-electron chi connectivity index (χ4n) is 4.91. The Bertz CT molecular complexity index is 2110. The molecule has 0 radical (unpaired) electrons. The normalized spacial score (nSPS) is 13.6. The minimum atomic E-state index is -4.70. The minimum Gasteiger partial charge on any atom is -0.743 e. The third kappa shape index (κ3) is 8.83. The topological polar surface area (TPSA) is 131 Å². The maximum absolute atomic E-state index is 12.0. The van der Waals surface area contributed by atoms with E-state index in [9.17, 15) is 25.9 Å². The Balaban J connectivity index is 0.000000564. The Morgan fingerprint density at radius 2 is 1.60 bits per heavy atom. The molecule has 0 unspecified atom stereocenters. The lowest BCUT2D eigenvalue weighted by Crippen LogP contribution is -2.39. The lowest BCUT2D eigenvalue weighted by molar-refractivity contribution is -0.648. The zero-order valence-electron chi connectivity index (χ0n) is 26.4. The van der Waals surface area contributed by atoms with Gasteiger partial charge in [-0.2, -0.15) is 13.0 Å². The van der Waals surface area contributed by atoms with Crippen molar-refractivity contribution in [2.75, 3.05) is 30.9 Å². The molecule has 0 amide bonds. The van der Waals surface area contributed by atoms with E-state index in [0.717, 1.165) is 39.7 Å². The second-order valence-corrected chi connectivity index (χ2v) is 14.3. The van der Waals surface area contributed by atoms with E-state index in [1.165, 1.54) is 26.9 Å². The fraction of sp³-hybridized carbons (Fsp3) is 0.206. The molecule has 0 aliphatic carbocycles. The molecule has 248 valence electrons. The monoisotopic (exact) mass is 695 g/mol. The molecule has 1 aliphatic heterocycles. The van der Waals surface area contributed by atoms with E-state index in [0.29, 0.717) is 22.0 Å². The summed E-state index contributed by atoms with van der Waals surface area (Å²) in [4.78, 5) is 3.55. The van der Waals surface area contributed by atoms with Gasteiger partial charge < -0.3 is 14.2 Å². The van der Waals surface area contributed by atoms with Crippen molar-refractivity contribution in [1.82, 2.24) is 4.90 Å². The van der Waals surface area contributed by atoms with E-state index in [1.54, 1.807) is 12.1 Å². The Labute approximate surface area is 280 Å². The first-order valence-electron chi connectivity index (χ1n) is 14.6. The Hall–Kier alpha value is -4.11. The highest BCUT2D eigenvalue weighted by molar-refractivity contribution is 7.85. The minimum absolute atomic E-state index is 0.0562. The first-order chi connectivity index (χ1) is 22.4. The van der Waals surface area contributed by atoms with Crippen LogP contribution >= 0.6 is 11.3 Å². The standard InChI is InChI=1S/C27H20N2O7S3.C5H13N.C2H4/c30-38(31,32)16-28-22-14-20(18-6-2-1-3-7-18)10-12-23(22)36-25(28)15-26-29(17-39(33,34)35)27-21-9-5-4-8-19(21)11-13-24(27)37-26;1-4-6(3)5-2;1-2/h1-15H,16-17H2,(H-,30,31,32,33,34,35);4-5H2,1-3H3;1-2H2. The largest absolute Gasteiger partial charge is 0.743 e. The van der Waals surface area contributed by atoms with Crippen molar-refractivity contribution in [3.05, 3.63) is 109 Å². The number of hydrogen-bond acceptors (Lipinski definition) is 9. The molecule has 1 aliphatic rings. The number of ether oxygens (including phenoxy) is 1. The van der Waals surface area contributed by atoms with Crippen molar-refractivity contribution in [3.8, 4) is 16.9 Å². The first kappa shape index (κ1) is 35.7. The molecule has 10 nitrogen and oxygen atoms in total. The number of rotatable bonds is 8. The molecule has 1 aromatic heterocycles. The zero-order chi connectivity index (χ0) is 34.4. The van der Waals surface area contributed by atoms with Crippen molar-refractivity contribution < 1.29 is 35.2 Å². The van der Waals surface area contributed by atoms with Gasteiger partial charge in [-0.1, -0.05) is 85.8 Å². The van der Waals surface area contributed by atoms with E-state index >= 15 is 0 Å². The molecule has 2 heterocycles. The van der Waals surface area contributed by atoms with E-state index in [4.69, 9.17) is 4.74 Å². The quantitative estimate of drug-likeness (QED) is 0.113. The van der Waals surface area contributed by atoms with Crippen molar-refractivity contribution in [2.45, 2.75) is 19.7 Å². The Morgan fingerprint density at radius 3 is 2.21 bits per heavy atom. The van der Waals surface area contributed by atoms with Crippen LogP contribution in [0.25, 0.3) is 38.2 Å². The van der Waals surface area contributed by atoms with Crippen molar-refractivity contribution in [3.63, 3.8) is 0 Å². The fourth-order valence-corrected chi connectivity index (χ4v) is 7.27. The van der Waals surface area contributed by atoms with E-state index in [2.05, 4.69) is 39.0 Å². The summed E-state index contributed by atoms with van der Waals surface area (Å²) in [6.07, 6.45) is 1.48. The summed E-state index contributed by atoms with van der Waals surface area (Å²) >= 11 is 1.23. The second kappa shape index (κ2) is 15.2. The van der Waals surface area contributed by atoms with Crippen LogP contribution in [0.2, 0.25) is 0 Å². The van der Waals surface area contributed by atoms with Gasteiger partial charge in [-0.05, 0) is 60.9 Å². The van der Waals surface area contributed by atoms with Gasteiger partial charge in [0.2, 0.25) is 17.3 Å². The molecule has 0 saturated heterocycles. The maximum atomic E-state index is 12.0. The van der Waals surface area contributed by atoms with Crippen LogP contribution in [-0.4, -0.2) is 56.9 Å². The Kier molecular flexibility index (Phi) is 11.6. The number of nitrogens with zero attached hydrogens (tertiary/aromatic N) is 3. The molecule has 0 fully saturated rings. The second-order valence-electron chi connectivity index (χ2n) is 10.4. The van der Waals surface area contributed by atoms with Gasteiger partial charge in [0.05, 0.1) is 17.1 Å². The number of thiazole rings is 1. The number of hydrogen-bond donors (Lipinski definition) is 1. The lowest BCUT2D eigenvalue weighted by Gasteiger charge is -2.16. The van der Waals surface area contributed by atoms with Crippen molar-refractivity contribution >= 4 is 64.3 Å². The SMILES string of the molecule is C=C.CCN(C)CC.O=S(=O)([O-])C[n+]1c(C=C2Oc3ccc(-c4ccccc4)cc3N2CS(=O)(=O)O)sc2ccc3ccccc3c21. The van der Waals surface area contributed by atoms with Gasteiger partial charge in [-0.15, -0.1) is 13.2 Å². The van der Waals surface area contributed by atoms with Gasteiger partial charge in [0.1, 0.15) is 4.70 Å².